The third-order valence-corrected chi connectivity index (χ3v) is 6.91. The zero-order chi connectivity index (χ0) is 30.8. The lowest BCUT2D eigenvalue weighted by molar-refractivity contribution is -0.142. The maximum Gasteiger partial charge on any atom is 0.326 e. The van der Waals surface area contributed by atoms with E-state index in [1.165, 1.54) is 24.3 Å². The molecule has 0 radical (unpaired) electrons. The van der Waals surface area contributed by atoms with Crippen molar-refractivity contribution >= 4 is 53.2 Å². The lowest BCUT2D eigenvalue weighted by atomic mass is 10.0. The van der Waals surface area contributed by atoms with Crippen LogP contribution in [0.5, 0.6) is 5.75 Å². The van der Waals surface area contributed by atoms with Crippen molar-refractivity contribution < 1.29 is 39.3 Å². The number of carbonyl (C=O) groups excluding carboxylic acids is 3. The van der Waals surface area contributed by atoms with E-state index in [1.54, 1.807) is 6.20 Å². The first-order chi connectivity index (χ1) is 20.0. The van der Waals surface area contributed by atoms with Gasteiger partial charge in [0.15, 0.2) is 0 Å². The summed E-state index contributed by atoms with van der Waals surface area (Å²) in [7, 11) is 0. The Morgan fingerprint density at radius 1 is 0.833 bits per heavy atom. The normalized spacial score (nSPS) is 13.9. The van der Waals surface area contributed by atoms with Gasteiger partial charge in [-0.1, -0.05) is 30.3 Å². The van der Waals surface area contributed by atoms with Crippen LogP contribution in [0.15, 0.2) is 54.7 Å². The molecule has 3 amide bonds. The number of hydrogen-bond donors (Lipinski definition) is 9. The van der Waals surface area contributed by atoms with Crippen LogP contribution in [0.2, 0.25) is 0 Å². The quantitative estimate of drug-likeness (QED) is 0.110. The summed E-state index contributed by atoms with van der Waals surface area (Å²) >= 11 is 4.15. The fourth-order valence-electron chi connectivity index (χ4n) is 4.23. The molecule has 9 N–H and O–H groups in total. The molecule has 0 aliphatic heterocycles. The molecule has 3 aromatic rings. The summed E-state index contributed by atoms with van der Waals surface area (Å²) in [6.45, 7) is 0. The third-order valence-electron chi connectivity index (χ3n) is 6.54. The summed E-state index contributed by atoms with van der Waals surface area (Å²) in [4.78, 5) is 64.9. The van der Waals surface area contributed by atoms with Crippen molar-refractivity contribution in [2.45, 2.75) is 49.9 Å². The Bertz CT molecular complexity index is 1430. The number of aromatic nitrogens is 1. The van der Waals surface area contributed by atoms with Gasteiger partial charge in [-0.25, -0.2) is 4.79 Å². The number of aromatic hydroxyl groups is 1. The number of amides is 3. The molecule has 14 heteroatoms. The van der Waals surface area contributed by atoms with E-state index in [0.717, 1.165) is 10.9 Å². The highest BCUT2D eigenvalue weighted by molar-refractivity contribution is 7.80. The van der Waals surface area contributed by atoms with Gasteiger partial charge in [-0.2, -0.15) is 12.6 Å². The number of rotatable bonds is 15. The number of nitrogens with one attached hydrogen (secondary N) is 4. The number of phenols is 1. The van der Waals surface area contributed by atoms with Crippen molar-refractivity contribution in [3.8, 4) is 5.75 Å². The molecule has 2 aromatic carbocycles. The maximum atomic E-state index is 13.3. The Kier molecular flexibility index (Phi) is 11.3. The molecule has 1 aromatic heterocycles. The molecule has 0 saturated heterocycles. The number of carboxylic acid groups (broad SMARTS) is 2. The molecule has 0 fully saturated rings. The molecule has 0 aliphatic carbocycles. The summed E-state index contributed by atoms with van der Waals surface area (Å²) in [6.07, 6.45) is 1.08. The maximum absolute atomic E-state index is 13.3. The minimum Gasteiger partial charge on any atom is -0.508 e. The molecule has 42 heavy (non-hydrogen) atoms. The molecule has 13 nitrogen and oxygen atoms in total. The predicted octanol–water partition coefficient (Wildman–Crippen LogP) is 0.320. The highest BCUT2D eigenvalue weighted by Crippen LogP contribution is 2.19. The second-order valence-corrected chi connectivity index (χ2v) is 10.0. The van der Waals surface area contributed by atoms with Crippen LogP contribution in [-0.2, 0) is 36.8 Å². The summed E-state index contributed by atoms with van der Waals surface area (Å²) in [6, 6.07) is 8.17. The second kappa shape index (κ2) is 14.9. The Balaban J connectivity index is 1.72. The molecule has 4 atom stereocenters. The average Bonchev–Trinajstić information content (AvgIpc) is 3.37. The standard InChI is InChI=1S/C28H33N5O8S/c29-19(9-10-24(35)36)25(37)31-21(11-15-5-7-17(34)8-6-15)26(38)33-23(14-42)27(39)32-22(28(40)41)12-16-13-30-20-4-2-1-3-18(16)20/h1-8,13,19,21-23,30,34,42H,9-12,14,29H2,(H,31,37)(H,32,39)(H,33,38)(H,35,36)(H,40,41). The van der Waals surface area contributed by atoms with Crippen LogP contribution in [0.25, 0.3) is 10.9 Å². The van der Waals surface area contributed by atoms with Crippen LogP contribution in [0, 0.1) is 0 Å². The third kappa shape index (κ3) is 8.97. The summed E-state index contributed by atoms with van der Waals surface area (Å²) < 4.78 is 0. The molecule has 0 aliphatic rings. The summed E-state index contributed by atoms with van der Waals surface area (Å²) in [5, 5.41) is 36.5. The molecule has 1 heterocycles. The molecule has 3 rings (SSSR count). The first-order valence-electron chi connectivity index (χ1n) is 13.0. The molecular weight excluding hydrogens is 566 g/mol. The first kappa shape index (κ1) is 32.0. The first-order valence-corrected chi connectivity index (χ1v) is 13.7. The number of hydrogen-bond acceptors (Lipinski definition) is 8. The molecule has 0 spiro atoms. The number of para-hydroxylation sites is 1. The summed E-state index contributed by atoms with van der Waals surface area (Å²) in [5.41, 5.74) is 7.85. The Morgan fingerprint density at radius 3 is 2.10 bits per heavy atom. The lowest BCUT2D eigenvalue weighted by Crippen LogP contribution is -2.58. The Hall–Kier alpha value is -4.56. The number of H-pyrrole nitrogens is 1. The van der Waals surface area contributed by atoms with E-state index in [-0.39, 0.29) is 37.2 Å². The Labute approximate surface area is 246 Å². The number of thiol groups is 1. The van der Waals surface area contributed by atoms with Gasteiger partial charge < -0.3 is 42.0 Å². The number of phenolic OH excluding ortho intramolecular Hbond substituents is 1. The highest BCUT2D eigenvalue weighted by Gasteiger charge is 2.30. The number of carbonyl (C=O) groups is 5. The fourth-order valence-corrected chi connectivity index (χ4v) is 4.48. The molecule has 224 valence electrons. The van der Waals surface area contributed by atoms with Gasteiger partial charge in [0.25, 0.3) is 0 Å². The van der Waals surface area contributed by atoms with Crippen LogP contribution in [-0.4, -0.2) is 79.9 Å². The minimum atomic E-state index is -1.31. The average molecular weight is 600 g/mol. The van der Waals surface area contributed by atoms with Crippen molar-refractivity contribution in [1.82, 2.24) is 20.9 Å². The SMILES string of the molecule is NC(CCC(=O)O)C(=O)NC(Cc1ccc(O)cc1)C(=O)NC(CS)C(=O)NC(Cc1c[nH]c2ccccc12)C(=O)O. The number of carboxylic acids is 2. The van der Waals surface area contributed by atoms with Crippen LogP contribution in [0.1, 0.15) is 24.0 Å². The van der Waals surface area contributed by atoms with Gasteiger partial charge in [-0.15, -0.1) is 0 Å². The molecular formula is C28H33N5O8S. The largest absolute Gasteiger partial charge is 0.508 e. The van der Waals surface area contributed by atoms with Crippen molar-refractivity contribution in [3.05, 3.63) is 65.9 Å². The van der Waals surface area contributed by atoms with E-state index in [2.05, 4.69) is 33.6 Å². The fraction of sp³-hybridized carbons (Fsp3) is 0.321. The monoisotopic (exact) mass is 599 g/mol. The van der Waals surface area contributed by atoms with Gasteiger partial charge in [-0.3, -0.25) is 19.2 Å². The summed E-state index contributed by atoms with van der Waals surface area (Å²) in [5.74, 6) is -4.94. The van der Waals surface area contributed by atoms with Gasteiger partial charge in [0, 0.05) is 42.1 Å². The van der Waals surface area contributed by atoms with E-state index < -0.39 is 53.8 Å². The smallest absolute Gasteiger partial charge is 0.326 e. The molecule has 0 saturated carbocycles. The number of nitrogens with two attached hydrogens (primary N) is 1. The van der Waals surface area contributed by atoms with Crippen LogP contribution >= 0.6 is 12.6 Å². The van der Waals surface area contributed by atoms with Crippen LogP contribution in [0.4, 0.5) is 0 Å². The van der Waals surface area contributed by atoms with E-state index in [9.17, 15) is 34.2 Å². The van der Waals surface area contributed by atoms with Gasteiger partial charge >= 0.3 is 11.9 Å². The van der Waals surface area contributed by atoms with Crippen molar-refractivity contribution in [1.29, 1.82) is 0 Å². The minimum absolute atomic E-state index is 0.00749. The van der Waals surface area contributed by atoms with E-state index in [1.807, 2.05) is 24.3 Å². The number of aliphatic carboxylic acids is 2. The highest BCUT2D eigenvalue weighted by atomic mass is 32.1. The van der Waals surface area contributed by atoms with Crippen molar-refractivity contribution in [3.63, 3.8) is 0 Å². The van der Waals surface area contributed by atoms with Crippen LogP contribution in [0.3, 0.4) is 0 Å². The van der Waals surface area contributed by atoms with Gasteiger partial charge in [0.2, 0.25) is 17.7 Å². The van der Waals surface area contributed by atoms with Gasteiger partial charge in [0.05, 0.1) is 6.04 Å². The van der Waals surface area contributed by atoms with Crippen molar-refractivity contribution in [2.75, 3.05) is 5.75 Å². The second-order valence-electron chi connectivity index (χ2n) is 9.68. The van der Waals surface area contributed by atoms with Crippen LogP contribution < -0.4 is 21.7 Å². The number of fused-ring (bicyclic) bond motifs is 1. The predicted molar refractivity (Wildman–Crippen MR) is 156 cm³/mol. The topological polar surface area (TPSA) is 224 Å². The van der Waals surface area contributed by atoms with E-state index in [4.69, 9.17) is 10.8 Å². The number of aromatic amines is 1. The molecule has 0 bridgehead atoms. The van der Waals surface area contributed by atoms with E-state index in [0.29, 0.717) is 11.1 Å². The Morgan fingerprint density at radius 2 is 1.45 bits per heavy atom. The van der Waals surface area contributed by atoms with E-state index >= 15 is 0 Å². The zero-order valence-electron chi connectivity index (χ0n) is 22.4. The molecule has 4 unspecified atom stereocenters. The van der Waals surface area contributed by atoms with Gasteiger partial charge in [-0.05, 0) is 35.7 Å². The zero-order valence-corrected chi connectivity index (χ0v) is 23.3. The lowest BCUT2D eigenvalue weighted by Gasteiger charge is -2.24. The van der Waals surface area contributed by atoms with Gasteiger partial charge in [0.1, 0.15) is 23.9 Å². The van der Waals surface area contributed by atoms with Crippen molar-refractivity contribution in [2.24, 2.45) is 5.73 Å². The number of benzene rings is 2.